The second-order valence-electron chi connectivity index (χ2n) is 8.25. The van der Waals surface area contributed by atoms with Crippen molar-refractivity contribution in [2.75, 3.05) is 7.11 Å². The van der Waals surface area contributed by atoms with Crippen molar-refractivity contribution in [2.24, 2.45) is 0 Å². The van der Waals surface area contributed by atoms with E-state index in [9.17, 15) is 10.1 Å². The molecule has 0 radical (unpaired) electrons. The Kier molecular flexibility index (Phi) is 4.84. The van der Waals surface area contributed by atoms with Crippen molar-refractivity contribution in [1.29, 1.82) is 0 Å². The highest BCUT2D eigenvalue weighted by Crippen LogP contribution is 2.32. The number of nitrogens with one attached hydrogen (secondary N) is 2. The van der Waals surface area contributed by atoms with Crippen LogP contribution in [-0.2, 0) is 6.61 Å². The molecular weight excluding hydrogens is 444 g/mol. The predicted molar refractivity (Wildman–Crippen MR) is 131 cm³/mol. The first-order valence-electron chi connectivity index (χ1n) is 11.1. The fourth-order valence-electron chi connectivity index (χ4n) is 4.31. The summed E-state index contributed by atoms with van der Waals surface area (Å²) in [5.74, 6) is 1.98. The third kappa shape index (κ3) is 3.52. The summed E-state index contributed by atoms with van der Waals surface area (Å²) in [6, 6.07) is 26.0. The number of aromatic nitrogens is 4. The number of fused-ring (bicyclic) bond motifs is 3. The van der Waals surface area contributed by atoms with E-state index < -0.39 is 0 Å². The van der Waals surface area contributed by atoms with Gasteiger partial charge in [-0.1, -0.05) is 42.5 Å². The minimum Gasteiger partial charge on any atom is -0.493 e. The SMILES string of the molecule is COc1cc(-c2[nH]c3cc4c(cc3[nH+]2)[n+](=O)c2ccccc2n4O)ccc1OCc1ccccc1. The molecule has 0 unspecified atom stereocenters. The van der Waals surface area contributed by atoms with E-state index in [1.165, 1.54) is 0 Å². The molecule has 0 aliphatic carbocycles. The molecular formula is C27H22N4O4+2. The fraction of sp³-hybridized carbons (Fsp3) is 0.0741. The lowest BCUT2D eigenvalue weighted by molar-refractivity contribution is -0.433. The number of para-hydroxylation sites is 2. The Hall–Kier alpha value is -4.85. The summed E-state index contributed by atoms with van der Waals surface area (Å²) in [5, 5.41) is 10.8. The minimum atomic E-state index is 0.350. The molecule has 6 aromatic rings. The van der Waals surface area contributed by atoms with Gasteiger partial charge in [0.2, 0.25) is 0 Å². The predicted octanol–water partition coefficient (Wildman–Crippen LogP) is 4.50. The molecule has 0 aliphatic rings. The van der Waals surface area contributed by atoms with E-state index in [4.69, 9.17) is 9.47 Å². The van der Waals surface area contributed by atoms with E-state index in [1.54, 1.807) is 43.5 Å². The van der Waals surface area contributed by atoms with Gasteiger partial charge in [-0.15, -0.1) is 0 Å². The molecule has 0 bridgehead atoms. The van der Waals surface area contributed by atoms with Gasteiger partial charge in [0.05, 0.1) is 23.2 Å². The van der Waals surface area contributed by atoms with E-state index in [0.29, 0.717) is 40.2 Å². The summed E-state index contributed by atoms with van der Waals surface area (Å²) in [7, 11) is 1.60. The van der Waals surface area contributed by atoms with Gasteiger partial charge in [-0.05, 0) is 29.8 Å². The van der Waals surface area contributed by atoms with Crippen molar-refractivity contribution in [3.8, 4) is 22.9 Å². The van der Waals surface area contributed by atoms with Crippen LogP contribution in [-0.4, -0.2) is 22.0 Å². The van der Waals surface area contributed by atoms with Crippen LogP contribution >= 0.6 is 0 Å². The van der Waals surface area contributed by atoms with Crippen LogP contribution in [0.4, 0.5) is 0 Å². The monoisotopic (exact) mass is 466 g/mol. The number of hydrogen-bond donors (Lipinski definition) is 2. The van der Waals surface area contributed by atoms with Gasteiger partial charge in [0.1, 0.15) is 6.61 Å². The number of ether oxygens (including phenoxy) is 2. The second-order valence-corrected chi connectivity index (χ2v) is 8.25. The van der Waals surface area contributed by atoms with E-state index in [1.807, 2.05) is 48.5 Å². The van der Waals surface area contributed by atoms with Crippen molar-refractivity contribution < 1.29 is 24.1 Å². The van der Waals surface area contributed by atoms with Crippen LogP contribution in [0.1, 0.15) is 5.56 Å². The van der Waals surface area contributed by atoms with Crippen LogP contribution < -0.4 is 18.9 Å². The van der Waals surface area contributed by atoms with Crippen LogP contribution in [0.3, 0.4) is 0 Å². The Bertz CT molecular complexity index is 1770. The molecule has 6 rings (SSSR count). The fourth-order valence-corrected chi connectivity index (χ4v) is 4.31. The van der Waals surface area contributed by atoms with Crippen molar-refractivity contribution in [3.05, 3.63) is 95.4 Å². The van der Waals surface area contributed by atoms with Crippen LogP contribution in [0, 0.1) is 4.91 Å². The van der Waals surface area contributed by atoms with E-state index >= 15 is 0 Å². The third-order valence-electron chi connectivity index (χ3n) is 6.10. The first-order valence-corrected chi connectivity index (χ1v) is 11.1. The van der Waals surface area contributed by atoms with E-state index in [-0.39, 0.29) is 0 Å². The van der Waals surface area contributed by atoms with Gasteiger partial charge in [-0.2, -0.15) is 4.73 Å². The molecule has 4 aromatic carbocycles. The van der Waals surface area contributed by atoms with E-state index in [0.717, 1.165) is 37.1 Å². The number of H-pyrrole nitrogens is 2. The summed E-state index contributed by atoms with van der Waals surface area (Å²) in [6.45, 7) is 0.437. The number of rotatable bonds is 5. The number of aromatic amines is 2. The van der Waals surface area contributed by atoms with Gasteiger partial charge in [-0.25, -0.2) is 9.97 Å². The van der Waals surface area contributed by atoms with Gasteiger partial charge in [-0.3, -0.25) is 0 Å². The number of hydrogen-bond acceptors (Lipinski definition) is 4. The molecule has 0 saturated carbocycles. The first-order chi connectivity index (χ1) is 17.1. The normalized spacial score (nSPS) is 11.3. The smallest absolute Gasteiger partial charge is 0.295 e. The molecule has 2 heterocycles. The second kappa shape index (κ2) is 8.18. The van der Waals surface area contributed by atoms with Gasteiger partial charge in [0.25, 0.3) is 16.9 Å². The molecule has 0 saturated heterocycles. The summed E-state index contributed by atoms with van der Waals surface area (Å²) in [6.07, 6.45) is 0. The lowest BCUT2D eigenvalue weighted by Crippen LogP contribution is -2.20. The molecule has 0 fully saturated rings. The van der Waals surface area contributed by atoms with Gasteiger partial charge < -0.3 is 14.7 Å². The third-order valence-corrected chi connectivity index (χ3v) is 6.10. The highest BCUT2D eigenvalue weighted by Gasteiger charge is 2.23. The zero-order valence-corrected chi connectivity index (χ0v) is 18.9. The molecule has 0 aliphatic heterocycles. The molecule has 35 heavy (non-hydrogen) atoms. The Morgan fingerprint density at radius 1 is 0.914 bits per heavy atom. The van der Waals surface area contributed by atoms with Gasteiger partial charge in [0, 0.05) is 17.0 Å². The highest BCUT2D eigenvalue weighted by atomic mass is 16.5. The van der Waals surface area contributed by atoms with Crippen LogP contribution in [0.15, 0.2) is 84.9 Å². The Morgan fingerprint density at radius 2 is 1.71 bits per heavy atom. The standard InChI is InChI=1S/C27H21N4O4/c1-34-26-13-18(11-12-25(26)35-16-17-7-3-2-4-8-17)27-28-19-14-23-24(15-20(19)29-27)31(33)22-10-6-5-9-21(22)30(23)32/h2-15,32H,16H2,1H3,(H,28,29)/q+1/p+1. The summed E-state index contributed by atoms with van der Waals surface area (Å²) < 4.78 is 13.4. The Morgan fingerprint density at radius 3 is 2.54 bits per heavy atom. The molecule has 0 spiro atoms. The largest absolute Gasteiger partial charge is 0.493 e. The number of benzene rings is 4. The average Bonchev–Trinajstić information content (AvgIpc) is 3.33. The molecule has 8 nitrogen and oxygen atoms in total. The van der Waals surface area contributed by atoms with Gasteiger partial charge >= 0.3 is 0 Å². The van der Waals surface area contributed by atoms with Crippen LogP contribution in [0.5, 0.6) is 11.5 Å². The summed E-state index contributed by atoms with van der Waals surface area (Å²) in [4.78, 5) is 19.7. The maximum atomic E-state index is 13.0. The average molecular weight is 466 g/mol. The van der Waals surface area contributed by atoms with Crippen molar-refractivity contribution in [2.45, 2.75) is 6.61 Å². The van der Waals surface area contributed by atoms with Crippen molar-refractivity contribution >= 4 is 33.1 Å². The highest BCUT2D eigenvalue weighted by molar-refractivity contribution is 5.91. The van der Waals surface area contributed by atoms with Crippen molar-refractivity contribution in [1.82, 2.24) is 9.71 Å². The summed E-state index contributed by atoms with van der Waals surface area (Å²) >= 11 is 0. The molecule has 2 aromatic heterocycles. The van der Waals surface area contributed by atoms with Gasteiger partial charge in [0.15, 0.2) is 33.6 Å². The zero-order valence-electron chi connectivity index (χ0n) is 18.9. The topological polar surface area (TPSA) is 96.5 Å². The van der Waals surface area contributed by atoms with E-state index in [2.05, 4.69) is 9.97 Å². The molecule has 0 atom stereocenters. The number of imidazole rings is 1. The number of methoxy groups -OCH3 is 1. The van der Waals surface area contributed by atoms with Crippen LogP contribution in [0.25, 0.3) is 44.5 Å². The maximum Gasteiger partial charge on any atom is 0.295 e. The lowest BCUT2D eigenvalue weighted by Gasteiger charge is -2.11. The Labute approximate surface area is 199 Å². The molecule has 3 N–H and O–H groups in total. The summed E-state index contributed by atoms with van der Waals surface area (Å²) in [5.41, 5.74) is 4.96. The van der Waals surface area contributed by atoms with Crippen molar-refractivity contribution in [3.63, 3.8) is 0 Å². The Balaban J connectivity index is 1.40. The minimum absolute atomic E-state index is 0.350. The first kappa shape index (κ1) is 20.7. The quantitative estimate of drug-likeness (QED) is 0.222. The van der Waals surface area contributed by atoms with Crippen LogP contribution in [0.2, 0.25) is 0 Å². The maximum absolute atomic E-state index is 13.0. The molecule has 8 heteroatoms. The molecule has 172 valence electrons. The number of nitrogens with zero attached hydrogens (tertiary/aromatic N) is 2. The molecule has 0 amide bonds. The zero-order chi connectivity index (χ0) is 23.9. The lowest BCUT2D eigenvalue weighted by atomic mass is 10.2.